The largest absolute Gasteiger partial charge is 0.491 e. The first-order chi connectivity index (χ1) is 17.4. The van der Waals surface area contributed by atoms with E-state index in [1.807, 2.05) is 49.4 Å². The van der Waals surface area contributed by atoms with E-state index < -0.39 is 5.97 Å². The zero-order valence-electron chi connectivity index (χ0n) is 22.0. The molecule has 0 bridgehead atoms. The number of carbonyl (C=O) groups excluding carboxylic acids is 2. The average Bonchev–Trinajstić information content (AvgIpc) is 2.91. The molecule has 0 aliphatic heterocycles. The van der Waals surface area contributed by atoms with Crippen LogP contribution in [0.3, 0.4) is 0 Å². The molecular weight excluding hydrogens is 460 g/mol. The molecular formula is C28H38N2O6. The van der Waals surface area contributed by atoms with Gasteiger partial charge in [0.25, 0.3) is 0 Å². The molecule has 8 nitrogen and oxygen atoms in total. The molecule has 2 rings (SSSR count). The summed E-state index contributed by atoms with van der Waals surface area (Å²) >= 11 is 0. The van der Waals surface area contributed by atoms with Crippen LogP contribution in [-0.4, -0.2) is 59.6 Å². The number of unbranched alkanes of at least 4 members (excludes halogenated alkanes) is 2. The van der Waals surface area contributed by atoms with Crippen molar-refractivity contribution in [2.45, 2.75) is 33.1 Å². The molecule has 0 atom stereocenters. The zero-order chi connectivity index (χ0) is 26.3. The van der Waals surface area contributed by atoms with E-state index in [-0.39, 0.29) is 11.8 Å². The van der Waals surface area contributed by atoms with Crippen LogP contribution in [0.25, 0.3) is 17.2 Å². The van der Waals surface area contributed by atoms with Crippen molar-refractivity contribution in [3.63, 3.8) is 0 Å². The molecule has 0 aromatic heterocycles. The van der Waals surface area contributed by atoms with E-state index >= 15 is 0 Å². The van der Waals surface area contributed by atoms with Gasteiger partial charge in [0.05, 0.1) is 20.8 Å². The molecule has 0 aliphatic carbocycles. The molecule has 0 saturated carbocycles. The van der Waals surface area contributed by atoms with Gasteiger partial charge in [-0.05, 0) is 48.7 Å². The second-order valence-corrected chi connectivity index (χ2v) is 8.05. The number of benzene rings is 2. The van der Waals surface area contributed by atoms with E-state index in [9.17, 15) is 9.59 Å². The Hall–Kier alpha value is -3.52. The van der Waals surface area contributed by atoms with Gasteiger partial charge in [-0.3, -0.25) is 4.90 Å². The SMILES string of the molecule is CCCCCNC(=O)N(C)c1cccc(-c2ccc(/C=C(\OC)C(=O)OC)cc2OCCOCC)c1. The summed E-state index contributed by atoms with van der Waals surface area (Å²) in [6, 6.07) is 13.2. The van der Waals surface area contributed by atoms with E-state index in [1.54, 1.807) is 18.0 Å². The standard InChI is InChI=1S/C28H38N2O6/c1-6-8-9-15-29-28(32)30(3)23-12-10-11-22(20-23)24-14-13-21(19-26(33-4)27(31)34-5)18-25(24)36-17-16-35-7-2/h10-14,18-20H,6-9,15-17H2,1-5H3,(H,29,32)/b26-19-. The van der Waals surface area contributed by atoms with E-state index in [4.69, 9.17) is 18.9 Å². The van der Waals surface area contributed by atoms with Crippen LogP contribution in [0.2, 0.25) is 0 Å². The zero-order valence-corrected chi connectivity index (χ0v) is 22.0. The van der Waals surface area contributed by atoms with Gasteiger partial charge in [0.1, 0.15) is 12.4 Å². The summed E-state index contributed by atoms with van der Waals surface area (Å²) in [6.45, 7) is 6.12. The first kappa shape index (κ1) is 28.7. The average molecular weight is 499 g/mol. The van der Waals surface area contributed by atoms with Crippen LogP contribution in [0.5, 0.6) is 5.75 Å². The highest BCUT2D eigenvalue weighted by Crippen LogP contribution is 2.34. The lowest BCUT2D eigenvalue weighted by Crippen LogP contribution is -2.37. The number of nitrogens with zero attached hydrogens (tertiary/aromatic N) is 1. The molecule has 0 saturated heterocycles. The third-order valence-electron chi connectivity index (χ3n) is 5.50. The van der Waals surface area contributed by atoms with Crippen LogP contribution in [0.1, 0.15) is 38.7 Å². The Morgan fingerprint density at radius 3 is 2.50 bits per heavy atom. The van der Waals surface area contributed by atoms with E-state index in [0.717, 1.165) is 36.1 Å². The van der Waals surface area contributed by atoms with Crippen LogP contribution in [-0.2, 0) is 19.0 Å². The number of urea groups is 1. The third-order valence-corrected chi connectivity index (χ3v) is 5.50. The number of hydrogen-bond acceptors (Lipinski definition) is 6. The minimum atomic E-state index is -0.566. The van der Waals surface area contributed by atoms with Gasteiger partial charge in [0.15, 0.2) is 0 Å². The summed E-state index contributed by atoms with van der Waals surface area (Å²) in [6.07, 6.45) is 4.74. The summed E-state index contributed by atoms with van der Waals surface area (Å²) in [4.78, 5) is 26.1. The number of nitrogens with one attached hydrogen (secondary N) is 1. The van der Waals surface area contributed by atoms with Crippen molar-refractivity contribution in [2.75, 3.05) is 52.5 Å². The minimum Gasteiger partial charge on any atom is -0.491 e. The van der Waals surface area contributed by atoms with E-state index in [0.29, 0.717) is 37.7 Å². The second kappa shape index (κ2) is 15.5. The van der Waals surface area contributed by atoms with Crippen molar-refractivity contribution in [1.29, 1.82) is 0 Å². The molecule has 1 N–H and O–H groups in total. The Balaban J connectivity index is 2.34. The van der Waals surface area contributed by atoms with Crippen molar-refractivity contribution >= 4 is 23.8 Å². The molecule has 0 unspecified atom stereocenters. The highest BCUT2D eigenvalue weighted by molar-refractivity contribution is 5.93. The molecule has 2 aromatic carbocycles. The van der Waals surface area contributed by atoms with Crippen LogP contribution >= 0.6 is 0 Å². The number of amides is 2. The number of methoxy groups -OCH3 is 2. The van der Waals surface area contributed by atoms with Crippen molar-refractivity contribution in [3.8, 4) is 16.9 Å². The fraction of sp³-hybridized carbons (Fsp3) is 0.429. The molecule has 2 aromatic rings. The van der Waals surface area contributed by atoms with Crippen LogP contribution in [0, 0.1) is 0 Å². The molecule has 0 radical (unpaired) electrons. The molecule has 2 amide bonds. The molecule has 0 heterocycles. The first-order valence-electron chi connectivity index (χ1n) is 12.3. The Morgan fingerprint density at radius 2 is 1.81 bits per heavy atom. The lowest BCUT2D eigenvalue weighted by molar-refractivity contribution is -0.139. The molecule has 196 valence electrons. The van der Waals surface area contributed by atoms with Crippen LogP contribution in [0.15, 0.2) is 48.2 Å². The summed E-state index contributed by atoms with van der Waals surface area (Å²) in [5.74, 6) is 0.135. The Labute approximate surface area is 214 Å². The Bertz CT molecular complexity index is 1020. The summed E-state index contributed by atoms with van der Waals surface area (Å²) in [7, 11) is 4.47. The molecule has 0 spiro atoms. The molecule has 0 fully saturated rings. The third kappa shape index (κ3) is 8.61. The summed E-state index contributed by atoms with van der Waals surface area (Å²) in [5, 5.41) is 2.96. The maximum absolute atomic E-state index is 12.6. The van der Waals surface area contributed by atoms with Gasteiger partial charge in [0, 0.05) is 31.5 Å². The highest BCUT2D eigenvalue weighted by Gasteiger charge is 2.15. The van der Waals surface area contributed by atoms with Gasteiger partial charge in [-0.1, -0.05) is 44.0 Å². The maximum atomic E-state index is 12.6. The van der Waals surface area contributed by atoms with Crippen molar-refractivity contribution in [1.82, 2.24) is 5.32 Å². The lowest BCUT2D eigenvalue weighted by atomic mass is 10.0. The Kier molecular flexibility index (Phi) is 12.3. The minimum absolute atomic E-state index is 0.0825. The predicted octanol–water partition coefficient (Wildman–Crippen LogP) is 5.27. The van der Waals surface area contributed by atoms with E-state index in [1.165, 1.54) is 14.2 Å². The molecule has 36 heavy (non-hydrogen) atoms. The maximum Gasteiger partial charge on any atom is 0.373 e. The lowest BCUT2D eigenvalue weighted by Gasteiger charge is -2.20. The van der Waals surface area contributed by atoms with Crippen LogP contribution in [0.4, 0.5) is 10.5 Å². The van der Waals surface area contributed by atoms with Crippen molar-refractivity contribution < 1.29 is 28.5 Å². The monoisotopic (exact) mass is 498 g/mol. The molecule has 0 aliphatic rings. The Morgan fingerprint density at radius 1 is 1.00 bits per heavy atom. The topological polar surface area (TPSA) is 86.3 Å². The van der Waals surface area contributed by atoms with Gasteiger partial charge in [0.2, 0.25) is 5.76 Å². The van der Waals surface area contributed by atoms with Gasteiger partial charge in [-0.15, -0.1) is 0 Å². The number of ether oxygens (including phenoxy) is 4. The van der Waals surface area contributed by atoms with Gasteiger partial charge in [-0.2, -0.15) is 0 Å². The first-order valence-corrected chi connectivity index (χ1v) is 12.3. The van der Waals surface area contributed by atoms with Crippen molar-refractivity contribution in [3.05, 3.63) is 53.8 Å². The quantitative estimate of drug-likeness (QED) is 0.165. The van der Waals surface area contributed by atoms with Crippen LogP contribution < -0.4 is 15.0 Å². The van der Waals surface area contributed by atoms with Crippen molar-refractivity contribution in [2.24, 2.45) is 0 Å². The fourth-order valence-electron chi connectivity index (χ4n) is 3.48. The summed E-state index contributed by atoms with van der Waals surface area (Å²) in [5.41, 5.74) is 3.21. The molecule has 8 heteroatoms. The number of esters is 1. The summed E-state index contributed by atoms with van der Waals surface area (Å²) < 4.78 is 21.4. The number of anilines is 1. The smallest absolute Gasteiger partial charge is 0.373 e. The van der Waals surface area contributed by atoms with E-state index in [2.05, 4.69) is 12.2 Å². The highest BCUT2D eigenvalue weighted by atomic mass is 16.6. The number of hydrogen-bond donors (Lipinski definition) is 1. The van der Waals surface area contributed by atoms with Gasteiger partial charge in [-0.25, -0.2) is 9.59 Å². The van der Waals surface area contributed by atoms with Gasteiger partial charge >= 0.3 is 12.0 Å². The fourth-order valence-corrected chi connectivity index (χ4v) is 3.48. The normalized spacial score (nSPS) is 11.1. The number of carbonyl (C=O) groups is 2. The number of rotatable bonds is 14. The predicted molar refractivity (Wildman–Crippen MR) is 142 cm³/mol. The second-order valence-electron chi connectivity index (χ2n) is 8.05. The van der Waals surface area contributed by atoms with Gasteiger partial charge < -0.3 is 24.3 Å².